The van der Waals surface area contributed by atoms with E-state index in [4.69, 9.17) is 9.47 Å². The Morgan fingerprint density at radius 2 is 1.93 bits per heavy atom. The van der Waals surface area contributed by atoms with Crippen molar-refractivity contribution in [2.24, 2.45) is 4.99 Å². The Labute approximate surface area is 184 Å². The summed E-state index contributed by atoms with van der Waals surface area (Å²) in [4.78, 5) is 16.7. The minimum absolute atomic E-state index is 0. The van der Waals surface area contributed by atoms with Crippen LogP contribution in [0.3, 0.4) is 0 Å². The van der Waals surface area contributed by atoms with Crippen molar-refractivity contribution in [3.05, 3.63) is 23.8 Å². The highest BCUT2D eigenvalue weighted by atomic mass is 127. The lowest BCUT2D eigenvalue weighted by atomic mass is 9.95. The lowest BCUT2D eigenvalue weighted by molar-refractivity contribution is -0.121. The summed E-state index contributed by atoms with van der Waals surface area (Å²) in [6, 6.07) is 6.20. The molecule has 1 aromatic rings. The number of carbonyl (C=O) groups excluding carboxylic acids is 1. The summed E-state index contributed by atoms with van der Waals surface area (Å²) in [5, 5.41) is 9.59. The van der Waals surface area contributed by atoms with Crippen molar-refractivity contribution < 1.29 is 14.3 Å². The number of nitrogens with zero attached hydrogens (tertiary/aromatic N) is 1. The molecule has 28 heavy (non-hydrogen) atoms. The fraction of sp³-hybridized carbons (Fsp3) is 0.600. The summed E-state index contributed by atoms with van der Waals surface area (Å²) < 4.78 is 10.7. The van der Waals surface area contributed by atoms with E-state index < -0.39 is 0 Å². The molecular formula is C20H31IN4O3. The highest BCUT2D eigenvalue weighted by Gasteiger charge is 2.15. The maximum atomic E-state index is 12.1. The molecule has 7 nitrogen and oxygen atoms in total. The first-order valence-corrected chi connectivity index (χ1v) is 9.94. The van der Waals surface area contributed by atoms with Crippen molar-refractivity contribution >= 4 is 35.8 Å². The van der Waals surface area contributed by atoms with Crippen molar-refractivity contribution in [3.63, 3.8) is 0 Å². The molecule has 2 aliphatic rings. The van der Waals surface area contributed by atoms with Crippen LogP contribution in [0.25, 0.3) is 0 Å². The molecule has 0 saturated heterocycles. The van der Waals surface area contributed by atoms with Gasteiger partial charge < -0.3 is 25.4 Å². The Hall–Kier alpha value is -1.71. The number of rotatable bonds is 7. The van der Waals surface area contributed by atoms with Crippen LogP contribution in [0.2, 0.25) is 0 Å². The number of halogens is 1. The molecule has 1 heterocycles. The first kappa shape index (κ1) is 22.6. The van der Waals surface area contributed by atoms with E-state index in [9.17, 15) is 4.79 Å². The second-order valence-corrected chi connectivity index (χ2v) is 6.96. The van der Waals surface area contributed by atoms with Crippen LogP contribution < -0.4 is 25.4 Å². The first-order chi connectivity index (χ1) is 13.2. The molecule has 156 valence electrons. The normalized spacial score (nSPS) is 16.2. The van der Waals surface area contributed by atoms with Gasteiger partial charge in [-0.3, -0.25) is 4.79 Å². The summed E-state index contributed by atoms with van der Waals surface area (Å²) in [6.07, 6.45) is 6.41. The zero-order valence-electron chi connectivity index (χ0n) is 16.5. The molecular weight excluding hydrogens is 471 g/mol. The zero-order valence-corrected chi connectivity index (χ0v) is 18.8. The number of fused-ring (bicyclic) bond motifs is 1. The van der Waals surface area contributed by atoms with Crippen LogP contribution >= 0.6 is 24.0 Å². The number of guanidine groups is 1. The fourth-order valence-corrected chi connectivity index (χ4v) is 3.39. The summed E-state index contributed by atoms with van der Waals surface area (Å²) in [6.45, 7) is 4.15. The smallest absolute Gasteiger partial charge is 0.231 e. The van der Waals surface area contributed by atoms with E-state index in [1.165, 1.54) is 19.3 Å². The van der Waals surface area contributed by atoms with Crippen LogP contribution in [0.15, 0.2) is 23.2 Å². The Morgan fingerprint density at radius 3 is 2.71 bits per heavy atom. The number of amides is 1. The van der Waals surface area contributed by atoms with Crippen LogP contribution in [-0.2, 0) is 11.3 Å². The first-order valence-electron chi connectivity index (χ1n) is 9.94. The third-order valence-corrected chi connectivity index (χ3v) is 4.82. The number of ether oxygens (including phenoxy) is 2. The molecule has 1 fully saturated rings. The van der Waals surface area contributed by atoms with E-state index in [0.29, 0.717) is 31.5 Å². The topological polar surface area (TPSA) is 84.0 Å². The highest BCUT2D eigenvalue weighted by Crippen LogP contribution is 2.32. The standard InChI is InChI=1S/C20H30N4O3.HI/c1-2-21-20(22-11-10-19(25)24-16-6-4-3-5-7-16)23-13-15-8-9-17-18(12-15)27-14-26-17;/h8-9,12,16H,2-7,10-11,13-14H2,1H3,(H,24,25)(H2,21,22,23);1H. The Balaban J connectivity index is 0.00000280. The molecule has 1 aliphatic heterocycles. The monoisotopic (exact) mass is 502 g/mol. The maximum absolute atomic E-state index is 12.1. The van der Waals surface area contributed by atoms with Crippen LogP contribution in [0.1, 0.15) is 51.0 Å². The maximum Gasteiger partial charge on any atom is 0.231 e. The fourth-order valence-electron chi connectivity index (χ4n) is 3.39. The van der Waals surface area contributed by atoms with Gasteiger partial charge in [0.2, 0.25) is 12.7 Å². The molecule has 1 saturated carbocycles. The molecule has 1 aromatic carbocycles. The minimum Gasteiger partial charge on any atom is -0.454 e. The number of carbonyl (C=O) groups is 1. The Morgan fingerprint density at radius 1 is 1.14 bits per heavy atom. The molecule has 0 atom stereocenters. The average Bonchev–Trinajstić information content (AvgIpc) is 3.14. The number of nitrogens with one attached hydrogen (secondary N) is 3. The van der Waals surface area contributed by atoms with Gasteiger partial charge in [0.25, 0.3) is 0 Å². The largest absolute Gasteiger partial charge is 0.454 e. The molecule has 3 rings (SSSR count). The molecule has 1 aliphatic carbocycles. The van der Waals surface area contributed by atoms with Crippen LogP contribution in [0.5, 0.6) is 11.5 Å². The van der Waals surface area contributed by atoms with Gasteiger partial charge in [0.05, 0.1) is 6.54 Å². The van der Waals surface area contributed by atoms with Gasteiger partial charge in [0.1, 0.15) is 0 Å². The van der Waals surface area contributed by atoms with Crippen molar-refractivity contribution in [2.45, 2.75) is 58.0 Å². The quantitative estimate of drug-likeness (QED) is 0.304. The predicted octanol–water partition coefficient (Wildman–Crippen LogP) is 2.93. The van der Waals surface area contributed by atoms with E-state index in [1.807, 2.05) is 25.1 Å². The number of benzene rings is 1. The van der Waals surface area contributed by atoms with E-state index in [0.717, 1.165) is 36.4 Å². The number of aliphatic imine (C=N–C) groups is 1. The van der Waals surface area contributed by atoms with Crippen LogP contribution in [0.4, 0.5) is 0 Å². The molecule has 8 heteroatoms. The van der Waals surface area contributed by atoms with Crippen molar-refractivity contribution in [1.82, 2.24) is 16.0 Å². The van der Waals surface area contributed by atoms with Crippen molar-refractivity contribution in [2.75, 3.05) is 19.9 Å². The van der Waals surface area contributed by atoms with E-state index in [1.54, 1.807) is 0 Å². The van der Waals surface area contributed by atoms with E-state index in [-0.39, 0.29) is 36.7 Å². The molecule has 0 radical (unpaired) electrons. The third kappa shape index (κ3) is 7.03. The van der Waals surface area contributed by atoms with Gasteiger partial charge in [-0.1, -0.05) is 25.3 Å². The van der Waals surface area contributed by atoms with Gasteiger partial charge in [-0.25, -0.2) is 4.99 Å². The minimum atomic E-state index is 0. The molecule has 0 unspecified atom stereocenters. The van der Waals surface area contributed by atoms with Crippen LogP contribution in [0, 0.1) is 0 Å². The van der Waals surface area contributed by atoms with Gasteiger partial charge >= 0.3 is 0 Å². The Kier molecular flexibility index (Phi) is 9.66. The molecule has 0 aromatic heterocycles. The Bertz CT molecular complexity index is 663. The predicted molar refractivity (Wildman–Crippen MR) is 120 cm³/mol. The lowest BCUT2D eigenvalue weighted by Gasteiger charge is -2.22. The van der Waals surface area contributed by atoms with Gasteiger partial charge in [0, 0.05) is 25.6 Å². The summed E-state index contributed by atoms with van der Waals surface area (Å²) in [7, 11) is 0. The third-order valence-electron chi connectivity index (χ3n) is 4.82. The SMILES string of the molecule is CCNC(=NCc1ccc2c(c1)OCO2)NCCC(=O)NC1CCCCC1.I. The van der Waals surface area contributed by atoms with Gasteiger partial charge in [-0.15, -0.1) is 24.0 Å². The summed E-state index contributed by atoms with van der Waals surface area (Å²) >= 11 is 0. The summed E-state index contributed by atoms with van der Waals surface area (Å²) in [5.74, 6) is 2.36. The lowest BCUT2D eigenvalue weighted by Crippen LogP contribution is -2.41. The van der Waals surface area contributed by atoms with Crippen LogP contribution in [-0.4, -0.2) is 37.8 Å². The number of hydrogen-bond acceptors (Lipinski definition) is 4. The second kappa shape index (κ2) is 12.0. The zero-order chi connectivity index (χ0) is 18.9. The molecule has 0 bridgehead atoms. The molecule has 3 N–H and O–H groups in total. The van der Waals surface area contributed by atoms with Gasteiger partial charge in [-0.2, -0.15) is 0 Å². The van der Waals surface area contributed by atoms with Crippen molar-refractivity contribution in [1.29, 1.82) is 0 Å². The van der Waals surface area contributed by atoms with Gasteiger partial charge in [0.15, 0.2) is 17.5 Å². The number of hydrogen-bond donors (Lipinski definition) is 3. The van der Waals surface area contributed by atoms with E-state index >= 15 is 0 Å². The second-order valence-electron chi connectivity index (χ2n) is 6.96. The molecule has 1 amide bonds. The highest BCUT2D eigenvalue weighted by molar-refractivity contribution is 14.0. The molecule has 0 spiro atoms. The average molecular weight is 502 g/mol. The van der Waals surface area contributed by atoms with Crippen molar-refractivity contribution in [3.8, 4) is 11.5 Å². The summed E-state index contributed by atoms with van der Waals surface area (Å²) in [5.41, 5.74) is 1.05. The van der Waals surface area contributed by atoms with E-state index in [2.05, 4.69) is 20.9 Å². The van der Waals surface area contributed by atoms with Gasteiger partial charge in [-0.05, 0) is 37.5 Å².